The zero-order valence-electron chi connectivity index (χ0n) is 9.47. The lowest BCUT2D eigenvalue weighted by Crippen LogP contribution is -2.03. The topological polar surface area (TPSA) is 83.8 Å². The molecule has 17 heavy (non-hydrogen) atoms. The molecule has 0 heterocycles. The van der Waals surface area contributed by atoms with E-state index in [-0.39, 0.29) is 12.8 Å². The van der Waals surface area contributed by atoms with E-state index in [9.17, 15) is 9.59 Å². The number of carbonyl (C=O) groups is 2. The normalized spacial score (nSPS) is 9.94. The average Bonchev–Trinajstić information content (AvgIpc) is 2.26. The van der Waals surface area contributed by atoms with E-state index in [0.29, 0.717) is 17.7 Å². The second-order valence-electron chi connectivity index (χ2n) is 3.61. The number of methoxy groups -OCH3 is 1. The molecule has 0 atom stereocenters. The van der Waals surface area contributed by atoms with Gasteiger partial charge in [0.25, 0.3) is 0 Å². The van der Waals surface area contributed by atoms with Crippen LogP contribution in [0.25, 0.3) is 0 Å². The quantitative estimate of drug-likeness (QED) is 0.781. The van der Waals surface area contributed by atoms with Crippen molar-refractivity contribution in [3.05, 3.63) is 29.3 Å². The van der Waals surface area contributed by atoms with Crippen LogP contribution in [-0.4, -0.2) is 29.3 Å². The first kappa shape index (κ1) is 13.0. The number of carboxylic acids is 2. The third-order valence-corrected chi connectivity index (χ3v) is 2.32. The molecule has 92 valence electrons. The highest BCUT2D eigenvalue weighted by Crippen LogP contribution is 2.22. The van der Waals surface area contributed by atoms with Crippen LogP contribution in [-0.2, 0) is 22.4 Å². The van der Waals surface area contributed by atoms with Gasteiger partial charge in [-0.25, -0.2) is 0 Å². The molecule has 0 saturated heterocycles. The highest BCUT2D eigenvalue weighted by molar-refractivity contribution is 5.70. The van der Waals surface area contributed by atoms with E-state index in [1.165, 1.54) is 7.11 Å². The van der Waals surface area contributed by atoms with Crippen LogP contribution in [0.5, 0.6) is 5.75 Å². The lowest BCUT2D eigenvalue weighted by molar-refractivity contribution is -0.137. The number of hydrogen-bond donors (Lipinski definition) is 2. The zero-order valence-corrected chi connectivity index (χ0v) is 9.47. The molecule has 5 nitrogen and oxygen atoms in total. The highest BCUT2D eigenvalue weighted by Gasteiger charge is 2.08. The van der Waals surface area contributed by atoms with Crippen molar-refractivity contribution in [2.45, 2.75) is 19.3 Å². The number of aryl methyl sites for hydroxylation is 1. The molecule has 0 aliphatic heterocycles. The Hall–Kier alpha value is -2.04. The summed E-state index contributed by atoms with van der Waals surface area (Å²) in [6.45, 7) is 0. The van der Waals surface area contributed by atoms with E-state index in [1.807, 2.05) is 0 Å². The largest absolute Gasteiger partial charge is 0.496 e. The predicted molar refractivity (Wildman–Crippen MR) is 60.3 cm³/mol. The summed E-state index contributed by atoms with van der Waals surface area (Å²) in [5.41, 5.74) is 1.40. The van der Waals surface area contributed by atoms with Crippen LogP contribution in [0.15, 0.2) is 18.2 Å². The maximum Gasteiger partial charge on any atom is 0.307 e. The fourth-order valence-electron chi connectivity index (χ4n) is 1.52. The molecule has 0 bridgehead atoms. The molecule has 1 aromatic rings. The number of rotatable bonds is 6. The van der Waals surface area contributed by atoms with Crippen LogP contribution in [0.3, 0.4) is 0 Å². The lowest BCUT2D eigenvalue weighted by atomic mass is 10.0. The molecule has 2 N–H and O–H groups in total. The summed E-state index contributed by atoms with van der Waals surface area (Å²) in [4.78, 5) is 21.0. The van der Waals surface area contributed by atoms with Crippen molar-refractivity contribution < 1.29 is 24.5 Å². The summed E-state index contributed by atoms with van der Waals surface area (Å²) in [5.74, 6) is -1.25. The van der Waals surface area contributed by atoms with E-state index in [4.69, 9.17) is 14.9 Å². The van der Waals surface area contributed by atoms with Crippen LogP contribution in [0.4, 0.5) is 0 Å². The van der Waals surface area contributed by atoms with Crippen molar-refractivity contribution in [1.29, 1.82) is 0 Å². The van der Waals surface area contributed by atoms with Gasteiger partial charge in [-0.05, 0) is 23.6 Å². The van der Waals surface area contributed by atoms with E-state index in [2.05, 4.69) is 0 Å². The summed E-state index contributed by atoms with van der Waals surface area (Å²) in [5, 5.41) is 17.3. The predicted octanol–water partition coefficient (Wildman–Crippen LogP) is 1.34. The van der Waals surface area contributed by atoms with E-state index < -0.39 is 11.9 Å². The number of benzene rings is 1. The molecular formula is C12H14O5. The van der Waals surface area contributed by atoms with E-state index in [0.717, 1.165) is 5.56 Å². The number of carboxylic acid groups (broad SMARTS) is 2. The molecule has 0 aliphatic carbocycles. The number of ether oxygens (including phenoxy) is 1. The standard InChI is InChI=1S/C12H14O5/c1-17-10-6-8(7-12(15)16)2-3-9(10)4-5-11(13)14/h2-3,6H,4-5,7H2,1H3,(H,13,14)(H,15,16). The van der Waals surface area contributed by atoms with Crippen LogP contribution in [0.2, 0.25) is 0 Å². The van der Waals surface area contributed by atoms with Gasteiger partial charge in [0.15, 0.2) is 0 Å². The third-order valence-electron chi connectivity index (χ3n) is 2.32. The van der Waals surface area contributed by atoms with Crippen molar-refractivity contribution in [2.24, 2.45) is 0 Å². The van der Waals surface area contributed by atoms with Crippen molar-refractivity contribution in [3.63, 3.8) is 0 Å². The van der Waals surface area contributed by atoms with Crippen LogP contribution >= 0.6 is 0 Å². The first-order valence-electron chi connectivity index (χ1n) is 5.12. The Labute approximate surface area is 98.6 Å². The maximum atomic E-state index is 10.5. The summed E-state index contributed by atoms with van der Waals surface area (Å²) in [6.07, 6.45) is 0.316. The Bertz CT molecular complexity index is 425. The first-order chi connectivity index (χ1) is 8.02. The van der Waals surface area contributed by atoms with Crippen LogP contribution in [0.1, 0.15) is 17.5 Å². The molecule has 0 aliphatic rings. The fourth-order valence-corrected chi connectivity index (χ4v) is 1.52. The van der Waals surface area contributed by atoms with Crippen molar-refractivity contribution in [3.8, 4) is 5.75 Å². The Morgan fingerprint density at radius 2 is 1.94 bits per heavy atom. The zero-order chi connectivity index (χ0) is 12.8. The van der Waals surface area contributed by atoms with Gasteiger partial charge < -0.3 is 14.9 Å². The summed E-state index contributed by atoms with van der Waals surface area (Å²) in [7, 11) is 1.48. The molecule has 0 unspecified atom stereocenters. The average molecular weight is 238 g/mol. The molecule has 0 amide bonds. The number of aliphatic carboxylic acids is 2. The minimum Gasteiger partial charge on any atom is -0.496 e. The van der Waals surface area contributed by atoms with Gasteiger partial charge in [-0.15, -0.1) is 0 Å². The Morgan fingerprint density at radius 1 is 1.24 bits per heavy atom. The van der Waals surface area contributed by atoms with Gasteiger partial charge in [0, 0.05) is 6.42 Å². The summed E-state index contributed by atoms with van der Waals surface area (Å²) < 4.78 is 5.11. The molecule has 0 fully saturated rings. The van der Waals surface area contributed by atoms with Crippen molar-refractivity contribution in [1.82, 2.24) is 0 Å². The highest BCUT2D eigenvalue weighted by atomic mass is 16.5. The van der Waals surface area contributed by atoms with E-state index >= 15 is 0 Å². The van der Waals surface area contributed by atoms with Crippen molar-refractivity contribution >= 4 is 11.9 Å². The minimum atomic E-state index is -0.912. The van der Waals surface area contributed by atoms with Crippen LogP contribution in [0, 0.1) is 0 Å². The number of hydrogen-bond acceptors (Lipinski definition) is 3. The van der Waals surface area contributed by atoms with Gasteiger partial charge in [-0.1, -0.05) is 12.1 Å². The second-order valence-corrected chi connectivity index (χ2v) is 3.61. The molecular weight excluding hydrogens is 224 g/mol. The summed E-state index contributed by atoms with van der Waals surface area (Å²) >= 11 is 0. The second kappa shape index (κ2) is 5.89. The van der Waals surface area contributed by atoms with Gasteiger partial charge in [-0.2, -0.15) is 0 Å². The molecule has 0 spiro atoms. The molecule has 0 radical (unpaired) electrons. The minimum absolute atomic E-state index is 0.0225. The maximum absolute atomic E-state index is 10.5. The molecule has 1 aromatic carbocycles. The molecule has 1 rings (SSSR count). The van der Waals surface area contributed by atoms with Crippen molar-refractivity contribution in [2.75, 3.05) is 7.11 Å². The first-order valence-corrected chi connectivity index (χ1v) is 5.12. The molecule has 0 aromatic heterocycles. The molecule has 5 heteroatoms. The monoisotopic (exact) mass is 238 g/mol. The Morgan fingerprint density at radius 3 is 2.47 bits per heavy atom. The van der Waals surface area contributed by atoms with Crippen LogP contribution < -0.4 is 4.74 Å². The Kier molecular flexibility index (Phi) is 4.51. The van der Waals surface area contributed by atoms with Gasteiger partial charge in [0.1, 0.15) is 5.75 Å². The van der Waals surface area contributed by atoms with Gasteiger partial charge in [0.05, 0.1) is 13.5 Å². The fraction of sp³-hybridized carbons (Fsp3) is 0.333. The Balaban J connectivity index is 2.85. The van der Waals surface area contributed by atoms with Gasteiger partial charge in [-0.3, -0.25) is 9.59 Å². The third kappa shape index (κ3) is 4.14. The van der Waals surface area contributed by atoms with Gasteiger partial charge in [0.2, 0.25) is 0 Å². The SMILES string of the molecule is COc1cc(CC(=O)O)ccc1CCC(=O)O. The van der Waals surface area contributed by atoms with E-state index in [1.54, 1.807) is 18.2 Å². The summed E-state index contributed by atoms with van der Waals surface area (Å²) in [6, 6.07) is 5.01. The smallest absolute Gasteiger partial charge is 0.307 e. The lowest BCUT2D eigenvalue weighted by Gasteiger charge is -2.09. The van der Waals surface area contributed by atoms with Gasteiger partial charge >= 0.3 is 11.9 Å². The molecule has 0 saturated carbocycles.